The molecule has 2 rings (SSSR count). The highest BCUT2D eigenvalue weighted by Crippen LogP contribution is 2.27. The molecule has 1 aliphatic rings. The molecule has 0 spiro atoms. The third-order valence-electron chi connectivity index (χ3n) is 1.70. The summed E-state index contributed by atoms with van der Waals surface area (Å²) in [7, 11) is 0. The van der Waals surface area contributed by atoms with E-state index >= 15 is 0 Å². The zero-order valence-corrected chi connectivity index (χ0v) is 8.13. The summed E-state index contributed by atoms with van der Waals surface area (Å²) in [5, 5.41) is 0. The average molecular weight is 222 g/mol. The van der Waals surface area contributed by atoms with E-state index in [2.05, 4.69) is 32.8 Å². The van der Waals surface area contributed by atoms with Gasteiger partial charge in [0.15, 0.2) is 0 Å². The Bertz CT molecular complexity index is 344. The van der Waals surface area contributed by atoms with Gasteiger partial charge in [0, 0.05) is 16.6 Å². The molecular weight excluding hydrogens is 214 g/mol. The van der Waals surface area contributed by atoms with E-state index in [0.717, 1.165) is 10.2 Å². The van der Waals surface area contributed by atoms with Crippen LogP contribution in [-0.4, -0.2) is 4.98 Å². The minimum absolute atomic E-state index is 0.644. The lowest BCUT2D eigenvalue weighted by atomic mass is 10.3. The number of aromatic nitrogens is 1. The van der Waals surface area contributed by atoms with Gasteiger partial charge >= 0.3 is 0 Å². The highest BCUT2D eigenvalue weighted by molar-refractivity contribution is 9.10. The molecular formula is C10H8BrN. The fourth-order valence-electron chi connectivity index (χ4n) is 0.877. The number of hydrogen-bond donors (Lipinski definition) is 0. The summed E-state index contributed by atoms with van der Waals surface area (Å²) in [6.45, 7) is 0. The average Bonchev–Trinajstić information content (AvgIpc) is 2.84. The molecule has 12 heavy (non-hydrogen) atoms. The summed E-state index contributed by atoms with van der Waals surface area (Å²) in [5.74, 6) is 6.87. The molecule has 60 valence electrons. The summed E-state index contributed by atoms with van der Waals surface area (Å²) >= 11 is 3.38. The van der Waals surface area contributed by atoms with Crippen LogP contribution >= 0.6 is 15.9 Å². The van der Waals surface area contributed by atoms with Crippen LogP contribution in [0.3, 0.4) is 0 Å². The predicted molar refractivity (Wildman–Crippen MR) is 51.5 cm³/mol. The van der Waals surface area contributed by atoms with Crippen molar-refractivity contribution in [3.63, 3.8) is 0 Å². The highest BCUT2D eigenvalue weighted by Gasteiger charge is 2.17. The first kappa shape index (κ1) is 7.82. The van der Waals surface area contributed by atoms with Gasteiger partial charge in [-0.2, -0.15) is 0 Å². The van der Waals surface area contributed by atoms with Gasteiger partial charge in [0.1, 0.15) is 5.69 Å². The van der Waals surface area contributed by atoms with Crippen molar-refractivity contribution in [2.75, 3.05) is 0 Å². The Labute approximate surface area is 80.3 Å². The Morgan fingerprint density at radius 2 is 2.33 bits per heavy atom. The molecule has 1 saturated carbocycles. The van der Waals surface area contributed by atoms with Crippen LogP contribution in [0, 0.1) is 17.8 Å². The Balaban J connectivity index is 2.18. The van der Waals surface area contributed by atoms with Crippen molar-refractivity contribution in [2.24, 2.45) is 5.92 Å². The largest absolute Gasteiger partial charge is 0.248 e. The summed E-state index contributed by atoms with van der Waals surface area (Å²) < 4.78 is 1.04. The van der Waals surface area contributed by atoms with Crippen molar-refractivity contribution in [3.8, 4) is 11.8 Å². The number of pyridine rings is 1. The van der Waals surface area contributed by atoms with E-state index in [1.165, 1.54) is 12.8 Å². The van der Waals surface area contributed by atoms with Crippen LogP contribution in [0.1, 0.15) is 18.5 Å². The van der Waals surface area contributed by atoms with Crippen molar-refractivity contribution in [1.82, 2.24) is 4.98 Å². The molecule has 0 unspecified atom stereocenters. The van der Waals surface area contributed by atoms with Crippen molar-refractivity contribution in [1.29, 1.82) is 0 Å². The van der Waals surface area contributed by atoms with Crippen molar-refractivity contribution >= 4 is 15.9 Å². The molecule has 2 heteroatoms. The molecule has 0 aromatic carbocycles. The first-order valence-electron chi connectivity index (χ1n) is 3.98. The van der Waals surface area contributed by atoms with Gasteiger partial charge < -0.3 is 0 Å². The molecule has 0 amide bonds. The monoisotopic (exact) mass is 221 g/mol. The zero-order chi connectivity index (χ0) is 8.39. The third kappa shape index (κ3) is 2.09. The van der Waals surface area contributed by atoms with Gasteiger partial charge in [-0.05, 0) is 30.9 Å². The van der Waals surface area contributed by atoms with Gasteiger partial charge in [-0.1, -0.05) is 21.9 Å². The van der Waals surface area contributed by atoms with Crippen LogP contribution in [0.25, 0.3) is 0 Å². The fourth-order valence-corrected chi connectivity index (χ4v) is 1.21. The first-order chi connectivity index (χ1) is 5.84. The summed E-state index contributed by atoms with van der Waals surface area (Å²) in [5.41, 5.74) is 0.858. The van der Waals surface area contributed by atoms with Gasteiger partial charge in [0.2, 0.25) is 0 Å². The molecule has 0 atom stereocenters. The molecule has 1 aromatic heterocycles. The second-order valence-corrected chi connectivity index (χ2v) is 3.82. The molecule has 0 radical (unpaired) electrons. The van der Waals surface area contributed by atoms with E-state index < -0.39 is 0 Å². The van der Waals surface area contributed by atoms with Crippen LogP contribution in [0.15, 0.2) is 22.8 Å². The van der Waals surface area contributed by atoms with E-state index in [1.807, 2.05) is 12.1 Å². The van der Waals surface area contributed by atoms with Gasteiger partial charge in [-0.25, -0.2) is 4.98 Å². The molecule has 1 aromatic rings. The summed E-state index contributed by atoms with van der Waals surface area (Å²) in [6, 6.07) is 3.84. The minimum Gasteiger partial charge on any atom is -0.248 e. The number of halogens is 1. The van der Waals surface area contributed by atoms with E-state index in [0.29, 0.717) is 5.92 Å². The lowest BCUT2D eigenvalue weighted by Gasteiger charge is -1.89. The molecule has 0 N–H and O–H groups in total. The van der Waals surface area contributed by atoms with Crippen molar-refractivity contribution in [2.45, 2.75) is 12.8 Å². The van der Waals surface area contributed by atoms with E-state index in [9.17, 15) is 0 Å². The maximum atomic E-state index is 4.14. The highest BCUT2D eigenvalue weighted by atomic mass is 79.9. The first-order valence-corrected chi connectivity index (χ1v) is 4.77. The SMILES string of the molecule is Brc1ccnc(C#CC2CC2)c1. The second-order valence-electron chi connectivity index (χ2n) is 2.90. The molecule has 1 heterocycles. The maximum Gasteiger partial charge on any atom is 0.114 e. The van der Waals surface area contributed by atoms with Crippen LogP contribution in [0.2, 0.25) is 0 Å². The smallest absolute Gasteiger partial charge is 0.114 e. The Morgan fingerprint density at radius 1 is 1.50 bits per heavy atom. The number of hydrogen-bond acceptors (Lipinski definition) is 1. The number of nitrogens with zero attached hydrogens (tertiary/aromatic N) is 1. The van der Waals surface area contributed by atoms with Crippen LogP contribution in [0.5, 0.6) is 0 Å². The van der Waals surface area contributed by atoms with Crippen LogP contribution in [-0.2, 0) is 0 Å². The van der Waals surface area contributed by atoms with E-state index in [-0.39, 0.29) is 0 Å². The molecule has 1 aliphatic carbocycles. The standard InChI is InChI=1S/C10H8BrN/c11-9-5-6-12-10(7-9)4-3-8-1-2-8/h5-8H,1-2H2. The van der Waals surface area contributed by atoms with Crippen molar-refractivity contribution in [3.05, 3.63) is 28.5 Å². The summed E-state index contributed by atoms with van der Waals surface area (Å²) in [4.78, 5) is 4.14. The van der Waals surface area contributed by atoms with Gasteiger partial charge in [0.25, 0.3) is 0 Å². The van der Waals surface area contributed by atoms with Gasteiger partial charge in [-0.15, -0.1) is 0 Å². The van der Waals surface area contributed by atoms with Gasteiger partial charge in [0.05, 0.1) is 0 Å². The van der Waals surface area contributed by atoms with Crippen molar-refractivity contribution < 1.29 is 0 Å². The molecule has 0 saturated heterocycles. The fraction of sp³-hybridized carbons (Fsp3) is 0.300. The molecule has 0 aliphatic heterocycles. The zero-order valence-electron chi connectivity index (χ0n) is 6.55. The number of rotatable bonds is 0. The quantitative estimate of drug-likeness (QED) is 0.615. The maximum absolute atomic E-state index is 4.14. The Hall–Kier alpha value is -0.810. The Kier molecular flexibility index (Phi) is 2.14. The van der Waals surface area contributed by atoms with Crippen LogP contribution in [0.4, 0.5) is 0 Å². The predicted octanol–water partition coefficient (Wildman–Crippen LogP) is 2.61. The van der Waals surface area contributed by atoms with E-state index in [1.54, 1.807) is 6.20 Å². The topological polar surface area (TPSA) is 12.9 Å². The minimum atomic E-state index is 0.644. The third-order valence-corrected chi connectivity index (χ3v) is 2.20. The molecule has 1 fully saturated rings. The van der Waals surface area contributed by atoms with Crippen LogP contribution < -0.4 is 0 Å². The lowest BCUT2D eigenvalue weighted by molar-refractivity contribution is 1.17. The Morgan fingerprint density at radius 3 is 3.00 bits per heavy atom. The normalized spacial score (nSPS) is 15.1. The molecule has 1 nitrogen and oxygen atoms in total. The second kappa shape index (κ2) is 3.28. The van der Waals surface area contributed by atoms with E-state index in [4.69, 9.17) is 0 Å². The lowest BCUT2D eigenvalue weighted by Crippen LogP contribution is -1.80. The summed E-state index contributed by atoms with van der Waals surface area (Å²) in [6.07, 6.45) is 4.29. The molecule has 0 bridgehead atoms. The van der Waals surface area contributed by atoms with Gasteiger partial charge in [-0.3, -0.25) is 0 Å².